The van der Waals surface area contributed by atoms with E-state index in [1.807, 2.05) is 0 Å². The van der Waals surface area contributed by atoms with Crippen LogP contribution >= 0.6 is 11.3 Å². The second-order valence-corrected chi connectivity index (χ2v) is 8.02. The second kappa shape index (κ2) is 10.1. The Morgan fingerprint density at radius 2 is 1.90 bits per heavy atom. The van der Waals surface area contributed by atoms with Crippen LogP contribution in [-0.4, -0.2) is 37.4 Å². The van der Waals surface area contributed by atoms with Crippen LogP contribution in [0.3, 0.4) is 0 Å². The highest BCUT2D eigenvalue weighted by atomic mass is 32.1. The highest BCUT2D eigenvalue weighted by Gasteiger charge is 2.26. The first-order chi connectivity index (χ1) is 14.9. The Balaban J connectivity index is 1.43. The van der Waals surface area contributed by atoms with Gasteiger partial charge in [0.25, 0.3) is 11.8 Å². The van der Waals surface area contributed by atoms with Crippen molar-refractivity contribution >= 4 is 45.7 Å². The van der Waals surface area contributed by atoms with Gasteiger partial charge in [-0.2, -0.15) is 0 Å². The third-order valence-electron chi connectivity index (χ3n) is 4.69. The highest BCUT2D eigenvalue weighted by molar-refractivity contribution is 7.17. The molecule has 10 heteroatoms. The molecule has 0 saturated carbocycles. The number of aryl methyl sites for hydroxylation is 1. The van der Waals surface area contributed by atoms with Crippen molar-refractivity contribution in [1.82, 2.24) is 0 Å². The lowest BCUT2D eigenvalue weighted by atomic mass is 10.1. The van der Waals surface area contributed by atoms with Crippen molar-refractivity contribution < 1.29 is 28.7 Å². The first-order valence-corrected chi connectivity index (χ1v) is 10.5. The van der Waals surface area contributed by atoms with E-state index in [4.69, 9.17) is 15.2 Å². The smallest absolute Gasteiger partial charge is 0.306 e. The summed E-state index contributed by atoms with van der Waals surface area (Å²) in [5.74, 6) is -1.61. The molecule has 31 heavy (non-hydrogen) atoms. The number of anilines is 2. The Labute approximate surface area is 182 Å². The third-order valence-corrected chi connectivity index (χ3v) is 5.90. The van der Waals surface area contributed by atoms with Crippen molar-refractivity contribution in [1.29, 1.82) is 0 Å². The predicted octanol–water partition coefficient (Wildman–Crippen LogP) is 2.24. The van der Waals surface area contributed by atoms with Crippen molar-refractivity contribution in [2.24, 2.45) is 5.73 Å². The summed E-state index contributed by atoms with van der Waals surface area (Å²) in [4.78, 5) is 48.8. The molecule has 1 aliphatic rings. The number of nitrogens with two attached hydrogens (primary N) is 1. The zero-order valence-corrected chi connectivity index (χ0v) is 17.8. The number of hydrogen-bond donors (Lipinski definition) is 3. The van der Waals surface area contributed by atoms with Crippen LogP contribution in [0, 0.1) is 0 Å². The van der Waals surface area contributed by atoms with Crippen molar-refractivity contribution in [3.05, 3.63) is 40.3 Å². The summed E-state index contributed by atoms with van der Waals surface area (Å²) in [5, 5.41) is 5.68. The lowest BCUT2D eigenvalue weighted by Crippen LogP contribution is -2.22. The fourth-order valence-electron chi connectivity index (χ4n) is 3.27. The van der Waals surface area contributed by atoms with Gasteiger partial charge < -0.3 is 25.8 Å². The highest BCUT2D eigenvalue weighted by Crippen LogP contribution is 2.38. The molecule has 1 aromatic carbocycles. The molecule has 9 nitrogen and oxygen atoms in total. The van der Waals surface area contributed by atoms with Gasteiger partial charge in [0.1, 0.15) is 10.8 Å². The molecule has 2 aromatic rings. The summed E-state index contributed by atoms with van der Waals surface area (Å²) in [6.07, 6.45) is 2.25. The molecule has 0 radical (unpaired) electrons. The summed E-state index contributed by atoms with van der Waals surface area (Å²) in [6, 6.07) is 6.75. The Kier molecular flexibility index (Phi) is 7.24. The normalized spacial score (nSPS) is 12.0. The fourth-order valence-corrected chi connectivity index (χ4v) is 4.58. The fraction of sp³-hybridized carbons (Fsp3) is 0.333. The molecule has 3 rings (SSSR count). The largest absolute Gasteiger partial charge is 0.497 e. The van der Waals surface area contributed by atoms with E-state index in [0.717, 1.165) is 29.7 Å². The number of methoxy groups -OCH3 is 1. The van der Waals surface area contributed by atoms with Gasteiger partial charge in [-0.15, -0.1) is 11.3 Å². The van der Waals surface area contributed by atoms with Gasteiger partial charge in [-0.05, 0) is 37.0 Å². The molecule has 0 saturated heterocycles. The van der Waals surface area contributed by atoms with Crippen LogP contribution in [0.4, 0.5) is 10.7 Å². The Morgan fingerprint density at radius 1 is 1.10 bits per heavy atom. The molecule has 164 valence electrons. The van der Waals surface area contributed by atoms with Crippen LogP contribution in [0.5, 0.6) is 5.75 Å². The third kappa shape index (κ3) is 5.82. The van der Waals surface area contributed by atoms with Gasteiger partial charge in [-0.25, -0.2) is 0 Å². The first-order valence-electron chi connectivity index (χ1n) is 9.71. The van der Waals surface area contributed by atoms with E-state index >= 15 is 0 Å². The van der Waals surface area contributed by atoms with Gasteiger partial charge in [0.15, 0.2) is 6.61 Å². The minimum Gasteiger partial charge on any atom is -0.497 e. The molecule has 0 bridgehead atoms. The van der Waals surface area contributed by atoms with Crippen LogP contribution in [0.15, 0.2) is 24.3 Å². The number of carbonyl (C=O) groups excluding carboxylic acids is 4. The van der Waals surface area contributed by atoms with Crippen molar-refractivity contribution in [3.63, 3.8) is 0 Å². The topological polar surface area (TPSA) is 137 Å². The van der Waals surface area contributed by atoms with Crippen LogP contribution in [0.25, 0.3) is 0 Å². The van der Waals surface area contributed by atoms with E-state index in [2.05, 4.69) is 10.6 Å². The molecule has 1 aromatic heterocycles. The molecule has 3 amide bonds. The van der Waals surface area contributed by atoms with Gasteiger partial charge >= 0.3 is 5.97 Å². The summed E-state index contributed by atoms with van der Waals surface area (Å²) < 4.78 is 9.98. The Morgan fingerprint density at radius 3 is 2.65 bits per heavy atom. The van der Waals surface area contributed by atoms with Gasteiger partial charge in [0, 0.05) is 23.1 Å². The summed E-state index contributed by atoms with van der Waals surface area (Å²) >= 11 is 1.35. The minimum absolute atomic E-state index is 0.142. The van der Waals surface area contributed by atoms with Crippen molar-refractivity contribution in [3.8, 4) is 5.75 Å². The SMILES string of the molecule is COc1cccc(NC(=O)COC(=O)CCC(=O)Nc2sc3c(c2C(N)=O)CCC3)c1. The standard InChI is InChI=1S/C21H23N3O6S/c1-29-13-5-2-4-12(10-13)23-17(26)11-30-18(27)9-8-16(25)24-21-19(20(22)28)14-6-3-7-15(14)31-21/h2,4-5,10H,3,6-9,11H2,1H3,(H2,22,28)(H,23,26)(H,24,25). The van der Waals surface area contributed by atoms with Crippen LogP contribution in [0.1, 0.15) is 40.1 Å². The zero-order valence-electron chi connectivity index (χ0n) is 17.0. The van der Waals surface area contributed by atoms with Crippen LogP contribution in [0.2, 0.25) is 0 Å². The number of amides is 3. The van der Waals surface area contributed by atoms with E-state index in [-0.39, 0.29) is 12.8 Å². The molecule has 4 N–H and O–H groups in total. The number of carbonyl (C=O) groups is 4. The molecule has 0 atom stereocenters. The van der Waals surface area contributed by atoms with Gasteiger partial charge in [0.2, 0.25) is 5.91 Å². The minimum atomic E-state index is -0.681. The second-order valence-electron chi connectivity index (χ2n) is 6.91. The zero-order chi connectivity index (χ0) is 22.4. The average Bonchev–Trinajstić information content (AvgIpc) is 3.31. The number of hydrogen-bond acceptors (Lipinski definition) is 7. The number of thiophene rings is 1. The lowest BCUT2D eigenvalue weighted by Gasteiger charge is -2.08. The predicted molar refractivity (Wildman–Crippen MR) is 115 cm³/mol. The van der Waals surface area contributed by atoms with E-state index in [9.17, 15) is 19.2 Å². The number of rotatable bonds is 9. The van der Waals surface area contributed by atoms with Gasteiger partial charge in [0.05, 0.1) is 19.1 Å². The molecule has 1 aliphatic carbocycles. The number of nitrogens with one attached hydrogen (secondary N) is 2. The number of esters is 1. The average molecular weight is 445 g/mol. The molecule has 0 spiro atoms. The van der Waals surface area contributed by atoms with Gasteiger partial charge in [-0.1, -0.05) is 6.07 Å². The van der Waals surface area contributed by atoms with Crippen LogP contribution < -0.4 is 21.1 Å². The Bertz CT molecular complexity index is 1020. The van der Waals surface area contributed by atoms with Crippen LogP contribution in [-0.2, 0) is 32.0 Å². The molecular formula is C21H23N3O6S. The van der Waals surface area contributed by atoms with E-state index in [1.54, 1.807) is 24.3 Å². The van der Waals surface area contributed by atoms with Crippen molar-refractivity contribution in [2.75, 3.05) is 24.4 Å². The maximum absolute atomic E-state index is 12.2. The maximum Gasteiger partial charge on any atom is 0.306 e. The molecular weight excluding hydrogens is 422 g/mol. The number of fused-ring (bicyclic) bond motifs is 1. The molecule has 1 heterocycles. The van der Waals surface area contributed by atoms with Crippen molar-refractivity contribution in [2.45, 2.75) is 32.1 Å². The lowest BCUT2D eigenvalue weighted by molar-refractivity contribution is -0.147. The summed E-state index contributed by atoms with van der Waals surface area (Å²) in [6.45, 7) is -0.471. The molecule has 0 aliphatic heterocycles. The number of ether oxygens (including phenoxy) is 2. The Hall–Kier alpha value is -3.40. The first kappa shape index (κ1) is 22.3. The molecule has 0 unspecified atom stereocenters. The van der Waals surface area contributed by atoms with E-state index < -0.39 is 30.3 Å². The monoisotopic (exact) mass is 445 g/mol. The summed E-state index contributed by atoms with van der Waals surface area (Å²) in [5.41, 5.74) is 7.25. The molecule has 0 fully saturated rings. The maximum atomic E-state index is 12.2. The number of primary amides is 1. The van der Waals surface area contributed by atoms with Gasteiger partial charge in [-0.3, -0.25) is 19.2 Å². The van der Waals surface area contributed by atoms with E-state index in [0.29, 0.717) is 22.0 Å². The van der Waals surface area contributed by atoms with E-state index in [1.165, 1.54) is 18.4 Å². The quantitative estimate of drug-likeness (QED) is 0.506. The summed E-state index contributed by atoms with van der Waals surface area (Å²) in [7, 11) is 1.51. The number of benzene rings is 1.